The molecular weight excluding hydrogens is 252 g/mol. The first-order chi connectivity index (χ1) is 7.19. The Labute approximate surface area is 101 Å². The van der Waals surface area contributed by atoms with Crippen molar-refractivity contribution >= 4 is 27.3 Å². The second-order valence-corrected chi connectivity index (χ2v) is 4.55. The van der Waals surface area contributed by atoms with Crippen LogP contribution in [0.1, 0.15) is 26.7 Å². The van der Waals surface area contributed by atoms with Crippen molar-refractivity contribution in [3.05, 3.63) is 22.7 Å². The minimum atomic E-state index is 0.824. The van der Waals surface area contributed by atoms with Gasteiger partial charge in [0.05, 0.1) is 5.69 Å². The van der Waals surface area contributed by atoms with Crippen molar-refractivity contribution in [2.75, 3.05) is 23.7 Å². The van der Waals surface area contributed by atoms with Gasteiger partial charge in [-0.05, 0) is 47.0 Å². The van der Waals surface area contributed by atoms with E-state index in [0.717, 1.165) is 36.1 Å². The molecule has 84 valence electrons. The Kier molecular flexibility index (Phi) is 4.95. The van der Waals surface area contributed by atoms with E-state index in [2.05, 4.69) is 34.7 Å². The normalized spacial score (nSPS) is 10.3. The minimum absolute atomic E-state index is 0.824. The van der Waals surface area contributed by atoms with E-state index in [-0.39, 0.29) is 0 Å². The maximum atomic E-state index is 5.81. The Morgan fingerprint density at radius 2 is 1.80 bits per heavy atom. The second-order valence-electron chi connectivity index (χ2n) is 3.70. The Bertz CT molecular complexity index is 306. The fourth-order valence-corrected chi connectivity index (χ4v) is 2.16. The van der Waals surface area contributed by atoms with E-state index >= 15 is 0 Å². The Morgan fingerprint density at radius 3 is 2.33 bits per heavy atom. The van der Waals surface area contributed by atoms with Gasteiger partial charge in [-0.1, -0.05) is 13.8 Å². The van der Waals surface area contributed by atoms with E-state index < -0.39 is 0 Å². The SMILES string of the molecule is CCCN(CCC)c1cc(N)ccc1Br. The number of nitrogens with zero attached hydrogens (tertiary/aromatic N) is 1. The highest BCUT2D eigenvalue weighted by atomic mass is 79.9. The highest BCUT2D eigenvalue weighted by Gasteiger charge is 2.08. The van der Waals surface area contributed by atoms with Gasteiger partial charge in [-0.15, -0.1) is 0 Å². The van der Waals surface area contributed by atoms with Crippen LogP contribution in [0, 0.1) is 0 Å². The van der Waals surface area contributed by atoms with Crippen LogP contribution in [0.15, 0.2) is 22.7 Å². The molecule has 0 saturated heterocycles. The molecule has 2 N–H and O–H groups in total. The topological polar surface area (TPSA) is 29.3 Å². The van der Waals surface area contributed by atoms with Crippen molar-refractivity contribution in [1.29, 1.82) is 0 Å². The Hall–Kier alpha value is -0.700. The van der Waals surface area contributed by atoms with Gasteiger partial charge in [-0.25, -0.2) is 0 Å². The molecule has 0 bridgehead atoms. The van der Waals surface area contributed by atoms with E-state index in [1.54, 1.807) is 0 Å². The molecule has 0 aromatic heterocycles. The average Bonchev–Trinajstić information content (AvgIpc) is 2.21. The van der Waals surface area contributed by atoms with Crippen LogP contribution < -0.4 is 10.6 Å². The lowest BCUT2D eigenvalue weighted by molar-refractivity contribution is 0.744. The van der Waals surface area contributed by atoms with Crippen molar-refractivity contribution < 1.29 is 0 Å². The summed E-state index contributed by atoms with van der Waals surface area (Å²) in [7, 11) is 0. The largest absolute Gasteiger partial charge is 0.399 e. The number of anilines is 2. The summed E-state index contributed by atoms with van der Waals surface area (Å²) in [5.41, 5.74) is 7.84. The smallest absolute Gasteiger partial charge is 0.0531 e. The molecule has 0 fully saturated rings. The zero-order chi connectivity index (χ0) is 11.3. The van der Waals surface area contributed by atoms with Gasteiger partial charge in [-0.2, -0.15) is 0 Å². The molecule has 0 atom stereocenters. The third-order valence-corrected chi connectivity index (χ3v) is 2.97. The lowest BCUT2D eigenvalue weighted by Crippen LogP contribution is -2.25. The molecule has 0 radical (unpaired) electrons. The fraction of sp³-hybridized carbons (Fsp3) is 0.500. The average molecular weight is 271 g/mol. The molecule has 0 aliphatic rings. The first-order valence-electron chi connectivity index (χ1n) is 5.49. The van der Waals surface area contributed by atoms with Crippen LogP contribution >= 0.6 is 15.9 Å². The number of nitrogens with two attached hydrogens (primary N) is 1. The maximum Gasteiger partial charge on any atom is 0.0531 e. The first kappa shape index (κ1) is 12.4. The Balaban J connectivity index is 2.93. The molecule has 15 heavy (non-hydrogen) atoms. The number of halogens is 1. The summed E-state index contributed by atoms with van der Waals surface area (Å²) in [5.74, 6) is 0. The second kappa shape index (κ2) is 6.01. The van der Waals surface area contributed by atoms with Crippen molar-refractivity contribution in [3.63, 3.8) is 0 Å². The van der Waals surface area contributed by atoms with Crippen LogP contribution in [0.2, 0.25) is 0 Å². The highest BCUT2D eigenvalue weighted by Crippen LogP contribution is 2.28. The standard InChI is InChI=1S/C12H19BrN2/c1-3-7-15(8-4-2)12-9-10(14)5-6-11(12)13/h5-6,9H,3-4,7-8,14H2,1-2H3. The molecule has 2 nitrogen and oxygen atoms in total. The molecule has 1 aromatic carbocycles. The summed E-state index contributed by atoms with van der Waals surface area (Å²) in [6.45, 7) is 6.55. The van der Waals surface area contributed by atoms with Gasteiger partial charge < -0.3 is 10.6 Å². The van der Waals surface area contributed by atoms with Gasteiger partial charge in [-0.3, -0.25) is 0 Å². The van der Waals surface area contributed by atoms with Crippen molar-refractivity contribution in [3.8, 4) is 0 Å². The van der Waals surface area contributed by atoms with Crippen LogP contribution in [0.3, 0.4) is 0 Å². The molecular formula is C12H19BrN2. The maximum absolute atomic E-state index is 5.81. The summed E-state index contributed by atoms with van der Waals surface area (Å²) in [4.78, 5) is 2.38. The summed E-state index contributed by atoms with van der Waals surface area (Å²) in [6.07, 6.45) is 2.31. The van der Waals surface area contributed by atoms with Gasteiger partial charge >= 0.3 is 0 Å². The van der Waals surface area contributed by atoms with Crippen LogP contribution in [0.4, 0.5) is 11.4 Å². The molecule has 0 aliphatic carbocycles. The first-order valence-corrected chi connectivity index (χ1v) is 6.28. The van der Waals surface area contributed by atoms with E-state index in [0.29, 0.717) is 0 Å². The number of hydrogen-bond acceptors (Lipinski definition) is 2. The molecule has 0 spiro atoms. The summed E-state index contributed by atoms with van der Waals surface area (Å²) < 4.78 is 1.12. The monoisotopic (exact) mass is 270 g/mol. The van der Waals surface area contributed by atoms with Gasteiger partial charge in [0, 0.05) is 23.2 Å². The minimum Gasteiger partial charge on any atom is -0.399 e. The van der Waals surface area contributed by atoms with E-state index in [1.165, 1.54) is 5.69 Å². The van der Waals surface area contributed by atoms with Crippen LogP contribution in [-0.2, 0) is 0 Å². The van der Waals surface area contributed by atoms with Crippen LogP contribution in [0.5, 0.6) is 0 Å². The lowest BCUT2D eigenvalue weighted by Gasteiger charge is -2.25. The van der Waals surface area contributed by atoms with E-state index in [4.69, 9.17) is 5.73 Å². The van der Waals surface area contributed by atoms with Crippen molar-refractivity contribution in [2.24, 2.45) is 0 Å². The summed E-state index contributed by atoms with van der Waals surface area (Å²) >= 11 is 3.57. The molecule has 1 rings (SSSR count). The lowest BCUT2D eigenvalue weighted by atomic mass is 10.2. The molecule has 0 saturated carbocycles. The third-order valence-electron chi connectivity index (χ3n) is 2.30. The number of rotatable bonds is 5. The predicted molar refractivity (Wildman–Crippen MR) is 71.3 cm³/mol. The zero-order valence-corrected chi connectivity index (χ0v) is 11.0. The molecule has 0 heterocycles. The van der Waals surface area contributed by atoms with Crippen LogP contribution in [-0.4, -0.2) is 13.1 Å². The molecule has 3 heteroatoms. The molecule has 0 unspecified atom stereocenters. The van der Waals surface area contributed by atoms with E-state index in [9.17, 15) is 0 Å². The van der Waals surface area contributed by atoms with Gasteiger partial charge in [0.15, 0.2) is 0 Å². The van der Waals surface area contributed by atoms with Crippen molar-refractivity contribution in [1.82, 2.24) is 0 Å². The van der Waals surface area contributed by atoms with Crippen molar-refractivity contribution in [2.45, 2.75) is 26.7 Å². The fourth-order valence-electron chi connectivity index (χ4n) is 1.66. The van der Waals surface area contributed by atoms with E-state index in [1.807, 2.05) is 18.2 Å². The zero-order valence-electron chi connectivity index (χ0n) is 9.46. The third kappa shape index (κ3) is 3.42. The molecule has 1 aromatic rings. The van der Waals surface area contributed by atoms with Crippen LogP contribution in [0.25, 0.3) is 0 Å². The molecule has 0 amide bonds. The molecule has 0 aliphatic heterocycles. The number of benzene rings is 1. The number of nitrogen functional groups attached to an aromatic ring is 1. The summed E-state index contributed by atoms with van der Waals surface area (Å²) in [5, 5.41) is 0. The van der Waals surface area contributed by atoms with Gasteiger partial charge in [0.25, 0.3) is 0 Å². The van der Waals surface area contributed by atoms with Gasteiger partial charge in [0.1, 0.15) is 0 Å². The highest BCUT2D eigenvalue weighted by molar-refractivity contribution is 9.10. The predicted octanol–water partition coefficient (Wildman–Crippen LogP) is 3.66. The quantitative estimate of drug-likeness (QED) is 0.828. The Morgan fingerprint density at radius 1 is 1.20 bits per heavy atom. The van der Waals surface area contributed by atoms with Gasteiger partial charge in [0.2, 0.25) is 0 Å². The summed E-state index contributed by atoms with van der Waals surface area (Å²) in [6, 6.07) is 5.97. The number of hydrogen-bond donors (Lipinski definition) is 1.